The fraction of sp³-hybridized carbons (Fsp3) is 0.500. The van der Waals surface area contributed by atoms with Crippen LogP contribution in [0, 0.1) is 0 Å². The first-order chi connectivity index (χ1) is 8.59. The van der Waals surface area contributed by atoms with Crippen molar-refractivity contribution in [2.24, 2.45) is 0 Å². The first kappa shape index (κ1) is 13.2. The van der Waals surface area contributed by atoms with Crippen molar-refractivity contribution < 1.29 is 13.2 Å². The van der Waals surface area contributed by atoms with Gasteiger partial charge in [-0.3, -0.25) is 4.72 Å². The zero-order valence-electron chi connectivity index (χ0n) is 10.3. The first-order valence-electron chi connectivity index (χ1n) is 5.97. The molecule has 1 saturated carbocycles. The van der Waals surface area contributed by atoms with E-state index in [0.717, 1.165) is 12.8 Å². The molecule has 0 saturated heterocycles. The van der Waals surface area contributed by atoms with Gasteiger partial charge in [0.15, 0.2) is 0 Å². The Morgan fingerprint density at radius 3 is 2.50 bits per heavy atom. The average Bonchev–Trinajstić information content (AvgIpc) is 3.13. The summed E-state index contributed by atoms with van der Waals surface area (Å²) in [6.07, 6.45) is 2.32. The quantitative estimate of drug-likeness (QED) is 0.781. The zero-order valence-corrected chi connectivity index (χ0v) is 11.2. The van der Waals surface area contributed by atoms with Gasteiger partial charge in [0, 0.05) is 18.3 Å². The van der Waals surface area contributed by atoms with Crippen molar-refractivity contribution in [1.29, 1.82) is 0 Å². The molecular formula is C12H18N2O3S. The van der Waals surface area contributed by atoms with Crippen LogP contribution in [0.2, 0.25) is 0 Å². The van der Waals surface area contributed by atoms with Crippen LogP contribution in [-0.4, -0.2) is 33.9 Å². The van der Waals surface area contributed by atoms with E-state index in [0.29, 0.717) is 24.0 Å². The lowest BCUT2D eigenvalue weighted by atomic mass is 10.3. The predicted octanol–water partition coefficient (Wildman–Crippen LogP) is 1.19. The number of anilines is 1. The van der Waals surface area contributed by atoms with Crippen LogP contribution in [0.15, 0.2) is 24.3 Å². The topological polar surface area (TPSA) is 67.4 Å². The molecule has 6 heteroatoms. The highest BCUT2D eigenvalue weighted by atomic mass is 32.2. The Morgan fingerprint density at radius 2 is 1.94 bits per heavy atom. The summed E-state index contributed by atoms with van der Waals surface area (Å²) in [5.41, 5.74) is 0.558. The molecule has 100 valence electrons. The highest BCUT2D eigenvalue weighted by Crippen LogP contribution is 2.18. The number of sulfonamides is 1. The number of ether oxygens (including phenoxy) is 1. The summed E-state index contributed by atoms with van der Waals surface area (Å²) in [5.74, 6) is 0.795. The molecule has 0 heterocycles. The van der Waals surface area contributed by atoms with Crippen LogP contribution in [0.3, 0.4) is 0 Å². The lowest BCUT2D eigenvalue weighted by Crippen LogP contribution is -2.27. The molecule has 0 atom stereocenters. The monoisotopic (exact) mass is 270 g/mol. The zero-order chi connectivity index (χ0) is 13.0. The first-order valence-corrected chi connectivity index (χ1v) is 7.62. The van der Waals surface area contributed by atoms with E-state index >= 15 is 0 Å². The van der Waals surface area contributed by atoms with Crippen LogP contribution in [0.25, 0.3) is 0 Å². The van der Waals surface area contributed by atoms with Gasteiger partial charge >= 0.3 is 0 Å². The van der Waals surface area contributed by atoms with Gasteiger partial charge in [0.05, 0.1) is 12.9 Å². The minimum Gasteiger partial charge on any atom is -0.497 e. The molecule has 2 rings (SSSR count). The summed E-state index contributed by atoms with van der Waals surface area (Å²) >= 11 is 0. The summed E-state index contributed by atoms with van der Waals surface area (Å²) in [7, 11) is -1.70. The fourth-order valence-electron chi connectivity index (χ4n) is 1.57. The van der Waals surface area contributed by atoms with E-state index in [9.17, 15) is 8.42 Å². The van der Waals surface area contributed by atoms with Crippen molar-refractivity contribution in [3.63, 3.8) is 0 Å². The Kier molecular flexibility index (Phi) is 4.08. The molecule has 1 aliphatic rings. The van der Waals surface area contributed by atoms with Gasteiger partial charge in [-0.25, -0.2) is 8.42 Å². The molecule has 0 bridgehead atoms. The Hall–Kier alpha value is -1.27. The predicted molar refractivity (Wildman–Crippen MR) is 71.4 cm³/mol. The van der Waals surface area contributed by atoms with Gasteiger partial charge in [-0.05, 0) is 37.1 Å². The molecule has 5 nitrogen and oxygen atoms in total. The molecule has 2 N–H and O–H groups in total. The average molecular weight is 270 g/mol. The second-order valence-electron chi connectivity index (χ2n) is 4.38. The molecule has 0 unspecified atom stereocenters. The molecule has 0 spiro atoms. The summed E-state index contributed by atoms with van der Waals surface area (Å²) in [6, 6.07) is 7.34. The van der Waals surface area contributed by atoms with Gasteiger partial charge < -0.3 is 10.1 Å². The lowest BCUT2D eigenvalue weighted by molar-refractivity contribution is 0.415. The maximum absolute atomic E-state index is 11.8. The van der Waals surface area contributed by atoms with Crippen molar-refractivity contribution in [1.82, 2.24) is 5.32 Å². The van der Waals surface area contributed by atoms with Crippen LogP contribution in [0.5, 0.6) is 5.75 Å². The van der Waals surface area contributed by atoms with E-state index < -0.39 is 10.0 Å². The van der Waals surface area contributed by atoms with Crippen molar-refractivity contribution in [2.75, 3.05) is 24.1 Å². The molecule has 1 aromatic carbocycles. The van der Waals surface area contributed by atoms with E-state index in [2.05, 4.69) is 10.0 Å². The van der Waals surface area contributed by atoms with Crippen molar-refractivity contribution >= 4 is 15.7 Å². The van der Waals surface area contributed by atoms with Crippen molar-refractivity contribution in [3.05, 3.63) is 24.3 Å². The van der Waals surface area contributed by atoms with E-state index in [1.807, 2.05) is 0 Å². The second kappa shape index (κ2) is 5.58. The molecule has 1 aliphatic carbocycles. The van der Waals surface area contributed by atoms with Crippen molar-refractivity contribution in [2.45, 2.75) is 18.9 Å². The summed E-state index contributed by atoms with van der Waals surface area (Å²) in [6.45, 7) is 0.496. The third-order valence-electron chi connectivity index (χ3n) is 2.74. The number of hydrogen-bond donors (Lipinski definition) is 2. The highest BCUT2D eigenvalue weighted by molar-refractivity contribution is 7.92. The maximum atomic E-state index is 11.8. The smallest absolute Gasteiger partial charge is 0.233 e. The van der Waals surface area contributed by atoms with Crippen LogP contribution < -0.4 is 14.8 Å². The summed E-state index contributed by atoms with van der Waals surface area (Å²) in [5, 5.41) is 3.18. The molecular weight excluding hydrogens is 252 g/mol. The minimum absolute atomic E-state index is 0.0928. The van der Waals surface area contributed by atoms with E-state index in [-0.39, 0.29) is 5.75 Å². The lowest BCUT2D eigenvalue weighted by Gasteiger charge is -2.09. The number of nitrogens with one attached hydrogen (secondary N) is 2. The van der Waals surface area contributed by atoms with Crippen LogP contribution >= 0.6 is 0 Å². The van der Waals surface area contributed by atoms with Gasteiger partial charge in [0.2, 0.25) is 10.0 Å². The van der Waals surface area contributed by atoms with Gasteiger partial charge in [0.25, 0.3) is 0 Å². The number of methoxy groups -OCH3 is 1. The Balaban J connectivity index is 1.84. The number of rotatable bonds is 7. The Morgan fingerprint density at radius 1 is 1.28 bits per heavy atom. The summed E-state index contributed by atoms with van der Waals surface area (Å²) in [4.78, 5) is 0. The van der Waals surface area contributed by atoms with Crippen LogP contribution in [0.1, 0.15) is 12.8 Å². The van der Waals surface area contributed by atoms with Crippen LogP contribution in [0.4, 0.5) is 5.69 Å². The molecule has 0 aromatic heterocycles. The molecule has 0 radical (unpaired) electrons. The molecule has 1 fully saturated rings. The third kappa shape index (κ3) is 4.19. The Bertz CT molecular complexity index is 481. The fourth-order valence-corrected chi connectivity index (χ4v) is 2.56. The number of hydrogen-bond acceptors (Lipinski definition) is 4. The largest absolute Gasteiger partial charge is 0.497 e. The molecule has 0 amide bonds. The van der Waals surface area contributed by atoms with Gasteiger partial charge in [-0.15, -0.1) is 0 Å². The van der Waals surface area contributed by atoms with E-state index in [1.54, 1.807) is 31.4 Å². The summed E-state index contributed by atoms with van der Waals surface area (Å²) < 4.78 is 31.1. The van der Waals surface area contributed by atoms with Gasteiger partial charge in [-0.1, -0.05) is 0 Å². The minimum atomic E-state index is -3.28. The van der Waals surface area contributed by atoms with Gasteiger partial charge in [-0.2, -0.15) is 0 Å². The third-order valence-corrected chi connectivity index (χ3v) is 4.03. The highest BCUT2D eigenvalue weighted by Gasteiger charge is 2.21. The van der Waals surface area contributed by atoms with Crippen LogP contribution in [-0.2, 0) is 10.0 Å². The Labute approximate surface area is 108 Å². The van der Waals surface area contributed by atoms with Gasteiger partial charge in [0.1, 0.15) is 5.75 Å². The maximum Gasteiger partial charge on any atom is 0.233 e. The van der Waals surface area contributed by atoms with E-state index in [4.69, 9.17) is 4.74 Å². The number of benzene rings is 1. The molecule has 18 heavy (non-hydrogen) atoms. The normalized spacial score (nSPS) is 15.4. The molecule has 1 aromatic rings. The second-order valence-corrected chi connectivity index (χ2v) is 6.22. The van der Waals surface area contributed by atoms with E-state index in [1.165, 1.54) is 0 Å². The van der Waals surface area contributed by atoms with Crippen molar-refractivity contribution in [3.8, 4) is 5.75 Å². The molecule has 0 aliphatic heterocycles. The standard InChI is InChI=1S/C12H18N2O3S/c1-17-12-6-4-11(5-7-12)14-18(15,16)9-8-13-10-2-3-10/h4-7,10,13-14H,2-3,8-9H2,1H3. The SMILES string of the molecule is COc1ccc(NS(=O)(=O)CCNC2CC2)cc1.